The average Bonchev–Trinajstić information content (AvgIpc) is 2.56. The molecule has 3 nitrogen and oxygen atoms in total. The smallest absolute Gasteiger partial charge is 0.228 e. The molecule has 0 aliphatic heterocycles. The third-order valence-electron chi connectivity index (χ3n) is 3.61. The summed E-state index contributed by atoms with van der Waals surface area (Å²) >= 11 is 1.29. The molecule has 0 N–H and O–H groups in total. The number of carbonyl (C=O) groups excluding carboxylic acids is 1. The number of benzene rings is 2. The quantitative estimate of drug-likeness (QED) is 0.654. The zero-order valence-electron chi connectivity index (χ0n) is 14.5. The van der Waals surface area contributed by atoms with Gasteiger partial charge in [0.1, 0.15) is 5.82 Å². The second kappa shape index (κ2) is 8.85. The number of nitrogens with zero attached hydrogens (tertiary/aromatic N) is 1. The summed E-state index contributed by atoms with van der Waals surface area (Å²) in [6, 6.07) is 10.8. The van der Waals surface area contributed by atoms with Gasteiger partial charge in [0, 0.05) is 34.9 Å². The van der Waals surface area contributed by atoms with Crippen molar-refractivity contribution in [1.82, 2.24) is 0 Å². The molecule has 0 saturated carbocycles. The maximum Gasteiger partial charge on any atom is 0.228 e. The van der Waals surface area contributed by atoms with Crippen LogP contribution in [0.15, 0.2) is 47.4 Å². The molecular weight excluding hydrogens is 344 g/mol. The highest BCUT2D eigenvalue weighted by molar-refractivity contribution is 7.99. The van der Waals surface area contributed by atoms with Gasteiger partial charge in [-0.15, -0.1) is 11.8 Å². The molecule has 0 fully saturated rings. The maximum atomic E-state index is 13.9. The van der Waals surface area contributed by atoms with Gasteiger partial charge in [-0.1, -0.05) is 12.1 Å². The van der Waals surface area contributed by atoms with Crippen LogP contribution in [0, 0.1) is 11.6 Å². The minimum absolute atomic E-state index is 0.126. The maximum absolute atomic E-state index is 13.9. The molecule has 134 valence electrons. The van der Waals surface area contributed by atoms with Crippen LogP contribution in [0.4, 0.5) is 14.5 Å². The van der Waals surface area contributed by atoms with Crippen LogP contribution in [-0.2, 0) is 4.79 Å². The van der Waals surface area contributed by atoms with E-state index in [1.165, 1.54) is 37.1 Å². The Morgan fingerprint density at radius 1 is 1.16 bits per heavy atom. The van der Waals surface area contributed by atoms with E-state index in [9.17, 15) is 13.6 Å². The fraction of sp³-hybridized carbons (Fsp3) is 0.316. The van der Waals surface area contributed by atoms with Crippen molar-refractivity contribution in [2.45, 2.75) is 31.2 Å². The molecule has 0 unspecified atom stereocenters. The SMILES string of the molecule is COc1ccc(N(C(=O)CCSc2ccccc2F)C(C)C)cc1F. The first-order valence-electron chi connectivity index (χ1n) is 7.97. The molecule has 0 saturated heterocycles. The van der Waals surface area contributed by atoms with Crippen LogP contribution in [-0.4, -0.2) is 24.8 Å². The van der Waals surface area contributed by atoms with Gasteiger partial charge in [0.05, 0.1) is 7.11 Å². The molecule has 0 bridgehead atoms. The Bertz CT molecular complexity index is 737. The van der Waals surface area contributed by atoms with Crippen LogP contribution in [0.25, 0.3) is 0 Å². The van der Waals surface area contributed by atoms with E-state index < -0.39 is 5.82 Å². The topological polar surface area (TPSA) is 29.5 Å². The summed E-state index contributed by atoms with van der Waals surface area (Å²) in [6.45, 7) is 3.73. The van der Waals surface area contributed by atoms with E-state index in [-0.39, 0.29) is 29.9 Å². The van der Waals surface area contributed by atoms with Gasteiger partial charge in [-0.05, 0) is 38.1 Å². The number of hydrogen-bond acceptors (Lipinski definition) is 3. The normalized spacial score (nSPS) is 10.8. The fourth-order valence-corrected chi connectivity index (χ4v) is 3.34. The fourth-order valence-electron chi connectivity index (χ4n) is 2.47. The van der Waals surface area contributed by atoms with Gasteiger partial charge in [-0.2, -0.15) is 0 Å². The van der Waals surface area contributed by atoms with Crippen molar-refractivity contribution in [2.24, 2.45) is 0 Å². The number of carbonyl (C=O) groups is 1. The first-order chi connectivity index (χ1) is 11.9. The highest BCUT2D eigenvalue weighted by Gasteiger charge is 2.20. The van der Waals surface area contributed by atoms with Gasteiger partial charge in [0.15, 0.2) is 11.6 Å². The molecule has 2 aromatic carbocycles. The summed E-state index contributed by atoms with van der Waals surface area (Å²) in [4.78, 5) is 14.7. The molecule has 25 heavy (non-hydrogen) atoms. The predicted octanol–water partition coefficient (Wildman–Crippen LogP) is 4.90. The number of rotatable bonds is 7. The lowest BCUT2D eigenvalue weighted by molar-refractivity contribution is -0.118. The number of ether oxygens (including phenoxy) is 1. The van der Waals surface area contributed by atoms with Crippen molar-refractivity contribution in [3.8, 4) is 5.75 Å². The van der Waals surface area contributed by atoms with Crippen LogP contribution in [0.3, 0.4) is 0 Å². The van der Waals surface area contributed by atoms with Crippen molar-refractivity contribution in [3.63, 3.8) is 0 Å². The molecule has 6 heteroatoms. The number of anilines is 1. The first kappa shape index (κ1) is 19.2. The second-order valence-electron chi connectivity index (χ2n) is 5.71. The monoisotopic (exact) mass is 365 g/mol. The van der Waals surface area contributed by atoms with Crippen molar-refractivity contribution >= 4 is 23.4 Å². The van der Waals surface area contributed by atoms with Gasteiger partial charge in [-0.3, -0.25) is 4.79 Å². The molecule has 0 aliphatic rings. The number of hydrogen-bond donors (Lipinski definition) is 0. The molecule has 0 radical (unpaired) electrons. The van der Waals surface area contributed by atoms with E-state index in [0.717, 1.165) is 0 Å². The Morgan fingerprint density at radius 2 is 1.88 bits per heavy atom. The van der Waals surface area contributed by atoms with E-state index >= 15 is 0 Å². The molecule has 2 rings (SSSR count). The summed E-state index contributed by atoms with van der Waals surface area (Å²) in [6.07, 6.45) is 0.227. The molecular formula is C19H21F2NO2S. The minimum Gasteiger partial charge on any atom is -0.494 e. The number of amides is 1. The Morgan fingerprint density at radius 3 is 2.48 bits per heavy atom. The van der Waals surface area contributed by atoms with Gasteiger partial charge in [-0.25, -0.2) is 8.78 Å². The van der Waals surface area contributed by atoms with Crippen LogP contribution in [0.2, 0.25) is 0 Å². The van der Waals surface area contributed by atoms with Crippen molar-refractivity contribution < 1.29 is 18.3 Å². The third kappa shape index (κ3) is 4.95. The standard InChI is InChI=1S/C19H21F2NO2S/c1-13(2)22(14-8-9-17(24-3)16(21)12-14)19(23)10-11-25-18-7-5-4-6-15(18)20/h4-9,12-13H,10-11H2,1-3H3. The molecule has 0 atom stereocenters. The Kier molecular flexibility index (Phi) is 6.82. The van der Waals surface area contributed by atoms with Crippen LogP contribution in [0.5, 0.6) is 5.75 Å². The predicted molar refractivity (Wildman–Crippen MR) is 97.3 cm³/mol. The number of methoxy groups -OCH3 is 1. The van der Waals surface area contributed by atoms with Crippen LogP contribution >= 0.6 is 11.8 Å². The lowest BCUT2D eigenvalue weighted by atomic mass is 10.2. The molecule has 0 aromatic heterocycles. The summed E-state index contributed by atoms with van der Waals surface area (Å²) in [7, 11) is 1.39. The molecule has 0 heterocycles. The summed E-state index contributed by atoms with van der Waals surface area (Å²) < 4.78 is 32.5. The first-order valence-corrected chi connectivity index (χ1v) is 8.95. The van der Waals surface area contributed by atoms with Crippen LogP contribution in [0.1, 0.15) is 20.3 Å². The largest absolute Gasteiger partial charge is 0.494 e. The summed E-state index contributed by atoms with van der Waals surface area (Å²) in [5.41, 5.74) is 0.481. The lowest BCUT2D eigenvalue weighted by Gasteiger charge is -2.27. The highest BCUT2D eigenvalue weighted by atomic mass is 32.2. The van der Waals surface area contributed by atoms with Crippen molar-refractivity contribution in [2.75, 3.05) is 17.8 Å². The van der Waals surface area contributed by atoms with E-state index in [0.29, 0.717) is 16.3 Å². The summed E-state index contributed by atoms with van der Waals surface area (Å²) in [5.74, 6) is -0.364. The minimum atomic E-state index is -0.515. The molecule has 0 spiro atoms. The Hall–Kier alpha value is -2.08. The zero-order chi connectivity index (χ0) is 18.4. The van der Waals surface area contributed by atoms with Gasteiger partial charge in [0.2, 0.25) is 5.91 Å². The molecule has 2 aromatic rings. The zero-order valence-corrected chi connectivity index (χ0v) is 15.3. The van der Waals surface area contributed by atoms with Gasteiger partial charge < -0.3 is 9.64 Å². The van der Waals surface area contributed by atoms with E-state index in [1.54, 1.807) is 29.2 Å². The Balaban J connectivity index is 2.05. The lowest BCUT2D eigenvalue weighted by Crippen LogP contribution is -2.37. The number of halogens is 2. The van der Waals surface area contributed by atoms with Crippen molar-refractivity contribution in [1.29, 1.82) is 0 Å². The van der Waals surface area contributed by atoms with Crippen molar-refractivity contribution in [3.05, 3.63) is 54.1 Å². The Labute approximate surface area is 151 Å². The summed E-state index contributed by atoms with van der Waals surface area (Å²) in [5, 5.41) is 0. The number of thioether (sulfide) groups is 1. The van der Waals surface area contributed by atoms with Crippen LogP contribution < -0.4 is 9.64 Å². The van der Waals surface area contributed by atoms with E-state index in [1.807, 2.05) is 13.8 Å². The average molecular weight is 365 g/mol. The molecule has 0 aliphatic carbocycles. The third-order valence-corrected chi connectivity index (χ3v) is 4.66. The molecule has 1 amide bonds. The van der Waals surface area contributed by atoms with E-state index in [4.69, 9.17) is 4.74 Å². The van der Waals surface area contributed by atoms with E-state index in [2.05, 4.69) is 0 Å². The highest BCUT2D eigenvalue weighted by Crippen LogP contribution is 2.27. The van der Waals surface area contributed by atoms with Gasteiger partial charge in [0.25, 0.3) is 0 Å². The second-order valence-corrected chi connectivity index (χ2v) is 6.84. The van der Waals surface area contributed by atoms with Gasteiger partial charge >= 0.3 is 0 Å².